The van der Waals surface area contributed by atoms with Crippen LogP contribution in [0.1, 0.15) is 26.2 Å². The van der Waals surface area contributed by atoms with Gasteiger partial charge in [-0.25, -0.2) is 0 Å². The van der Waals surface area contributed by atoms with Gasteiger partial charge in [0.05, 0.1) is 6.04 Å². The molecule has 0 aromatic carbocycles. The number of aliphatic carboxylic acids is 1. The normalized spacial score (nSPS) is 11.2. The van der Waals surface area contributed by atoms with Crippen LogP contribution in [0.4, 0.5) is 0 Å². The van der Waals surface area contributed by atoms with Gasteiger partial charge >= 0.3 is 5.97 Å². The zero-order valence-electron chi connectivity index (χ0n) is 7.70. The van der Waals surface area contributed by atoms with Crippen molar-refractivity contribution in [1.29, 1.82) is 0 Å². The number of hydrogen-bond acceptors (Lipinski definition) is 2. The van der Waals surface area contributed by atoms with Gasteiger partial charge in [-0.05, 0) is 13.5 Å². The van der Waals surface area contributed by atoms with Crippen molar-refractivity contribution in [3.8, 4) is 0 Å². The molecule has 13 heavy (non-hydrogen) atoms. The third-order valence-corrected chi connectivity index (χ3v) is 1.73. The van der Waals surface area contributed by atoms with Gasteiger partial charge in [0.15, 0.2) is 0 Å². The smallest absolute Gasteiger partial charge is 0.323 e. The Morgan fingerprint density at radius 2 is 2.15 bits per heavy atom. The zero-order chi connectivity index (χ0) is 9.56. The monoisotopic (exact) mass is 429 g/mol. The number of carboxylic acids is 1. The van der Waals surface area contributed by atoms with E-state index in [2.05, 4.69) is 0 Å². The Kier molecular flexibility index (Phi) is 6.91. The van der Waals surface area contributed by atoms with E-state index in [9.17, 15) is 9.59 Å². The summed E-state index contributed by atoms with van der Waals surface area (Å²) in [4.78, 5) is 21.8. The predicted molar refractivity (Wildman–Crippen MR) is 44.4 cm³/mol. The van der Waals surface area contributed by atoms with Crippen LogP contribution >= 0.6 is 0 Å². The van der Waals surface area contributed by atoms with Crippen molar-refractivity contribution < 1.29 is 14.7 Å². The second-order valence-corrected chi connectivity index (χ2v) is 2.70. The van der Waals surface area contributed by atoms with E-state index in [4.69, 9.17) is 5.11 Å². The molecule has 4 nitrogen and oxygen atoms in total. The fraction of sp³-hybridized carbons (Fsp3) is 0.750. The first-order valence-electron chi connectivity index (χ1n) is 3.96. The number of hydrogen-bond donors (Lipinski definition) is 1. The van der Waals surface area contributed by atoms with Crippen molar-refractivity contribution in [1.82, 2.24) is 4.90 Å². The Bertz CT molecular complexity index is 163. The van der Waals surface area contributed by atoms with E-state index in [1.54, 1.807) is 6.41 Å². The summed E-state index contributed by atoms with van der Waals surface area (Å²) in [5, 5.41) is 8.68. The Hall–Kier alpha value is -2.06. The number of unbranched alkanes of at least 4 members (excludes halogenated alkanes) is 1. The summed E-state index contributed by atoms with van der Waals surface area (Å²) in [5.74, 6) is -0.964. The Morgan fingerprint density at radius 1 is 1.62 bits per heavy atom. The zero-order valence-corrected chi connectivity index (χ0v) is 10.1. The Balaban J connectivity index is 0. The summed E-state index contributed by atoms with van der Waals surface area (Å²) in [6.07, 6.45) is 3.79. The largest absolute Gasteiger partial charge is 0.520 e. The van der Waals surface area contributed by atoms with Gasteiger partial charge < -0.3 is 14.8 Å². The molecule has 1 amide bonds. The molecule has 0 fully saturated rings. The molecule has 0 bridgehead atoms. The number of rotatable bonds is 6. The molecular formula is C8H14FmNO3-. The van der Waals surface area contributed by atoms with Crippen molar-refractivity contribution in [2.24, 2.45) is 0 Å². The van der Waals surface area contributed by atoms with Gasteiger partial charge in [0.25, 0.3) is 0 Å². The number of likely N-dealkylation sites (N-methyl/N-ethyl adjacent to an activating group) is 1. The third-order valence-electron chi connectivity index (χ3n) is 1.73. The minimum absolute atomic E-state index is 0. The first-order valence-corrected chi connectivity index (χ1v) is 3.96. The second-order valence-electron chi connectivity index (χ2n) is 2.70. The molecule has 0 saturated heterocycles. The SMILES string of the molecule is CCCCC(C(=O)O)N(C)[C-]=O.[Fm]. The van der Waals surface area contributed by atoms with Crippen molar-refractivity contribution in [3.05, 3.63) is 0 Å². The third kappa shape index (κ3) is 4.40. The average Bonchev–Trinajstić information content (AvgIpc) is 2.04. The molecule has 0 radical (unpaired) electrons. The molecule has 1 atom stereocenters. The van der Waals surface area contributed by atoms with Gasteiger partial charge in [0, 0.05) is 0 Å². The van der Waals surface area contributed by atoms with E-state index in [0.29, 0.717) is 6.42 Å². The molecular weight excluding hydrogens is 415 g/mol. The molecule has 1 unspecified atom stereocenters. The maximum atomic E-state index is 10.6. The first-order chi connectivity index (χ1) is 5.63. The molecule has 0 aliphatic heterocycles. The van der Waals surface area contributed by atoms with E-state index in [0.717, 1.165) is 17.7 Å². The van der Waals surface area contributed by atoms with E-state index >= 15 is 0 Å². The van der Waals surface area contributed by atoms with Crippen LogP contribution in [0.3, 0.4) is 0 Å². The number of nitrogens with zero attached hydrogens (tertiary/aromatic N) is 1. The molecule has 0 saturated carbocycles. The summed E-state index contributed by atoms with van der Waals surface area (Å²) in [7, 11) is 1.43. The maximum Gasteiger partial charge on any atom is 0.323 e. The van der Waals surface area contributed by atoms with Crippen molar-refractivity contribution in [2.75, 3.05) is 7.05 Å². The van der Waals surface area contributed by atoms with Gasteiger partial charge in [-0.3, -0.25) is 4.79 Å². The van der Waals surface area contributed by atoms with Crippen molar-refractivity contribution in [2.45, 2.75) is 32.2 Å². The van der Waals surface area contributed by atoms with Crippen LogP contribution in [0.5, 0.6) is 0 Å². The molecule has 0 heterocycles. The first kappa shape index (κ1) is 13.5. The molecule has 82 valence electrons. The summed E-state index contributed by atoms with van der Waals surface area (Å²) in [6.45, 7) is 1.98. The molecule has 0 aromatic rings. The number of amides is 1. The summed E-state index contributed by atoms with van der Waals surface area (Å²) in [6, 6.07) is -0.720. The van der Waals surface area contributed by atoms with Crippen LogP contribution in [-0.4, -0.2) is 35.5 Å². The van der Waals surface area contributed by atoms with Crippen molar-refractivity contribution in [3.63, 3.8) is 0 Å². The van der Waals surface area contributed by atoms with Crippen molar-refractivity contribution >= 4 is 12.4 Å². The molecule has 1 N–H and O–H groups in total. The Morgan fingerprint density at radius 3 is 2.46 bits per heavy atom. The summed E-state index contributed by atoms with van der Waals surface area (Å²) >= 11 is 0. The fourth-order valence-corrected chi connectivity index (χ4v) is 0.944. The van der Waals surface area contributed by atoms with E-state index in [-0.39, 0.29) is 0 Å². The van der Waals surface area contributed by atoms with Crippen LogP contribution in [0.2, 0.25) is 0 Å². The molecule has 0 spiro atoms. The van der Waals surface area contributed by atoms with Gasteiger partial charge in [-0.2, -0.15) is 6.41 Å². The summed E-state index contributed by atoms with van der Waals surface area (Å²) < 4.78 is 0. The van der Waals surface area contributed by atoms with E-state index in [1.165, 1.54) is 7.05 Å². The fourth-order valence-electron chi connectivity index (χ4n) is 0.944. The second kappa shape index (κ2) is 6.64. The molecule has 5 heteroatoms. The van der Waals surface area contributed by atoms with Gasteiger partial charge in [0.1, 0.15) is 0 Å². The maximum absolute atomic E-state index is 10.6. The standard InChI is InChI=1S/C8H14NO3.Fm/c1-3-4-5-7(8(11)12)9(2)6-10;/h7H,3-5H2,1-2H3,(H,11,12);/q-1;. The van der Waals surface area contributed by atoms with Crippen LogP contribution in [0.15, 0.2) is 0 Å². The average molecular weight is 429 g/mol. The van der Waals surface area contributed by atoms with Crippen LogP contribution in [-0.2, 0) is 9.59 Å². The molecule has 0 aliphatic carbocycles. The topological polar surface area (TPSA) is 57.6 Å². The number of carbonyl (C=O) groups excluding carboxylic acids is 1. The number of carboxylic acid groups (broad SMARTS) is 1. The molecule has 0 rings (SSSR count). The van der Waals surface area contributed by atoms with E-state index < -0.39 is 12.0 Å². The number of carbonyl (C=O) groups is 1. The van der Waals surface area contributed by atoms with Crippen LogP contribution < -0.4 is 0 Å². The minimum atomic E-state index is -0.964. The predicted octanol–water partition coefficient (Wildman–Crippen LogP) is 0.629. The van der Waals surface area contributed by atoms with E-state index in [1.807, 2.05) is 6.92 Å². The Labute approximate surface area is 72.2 Å². The van der Waals surface area contributed by atoms with Crippen LogP contribution in [0.25, 0.3) is 0 Å². The van der Waals surface area contributed by atoms with Gasteiger partial charge in [-0.15, -0.1) is 0 Å². The van der Waals surface area contributed by atoms with Crippen LogP contribution in [0, 0.1) is 0 Å². The summed E-state index contributed by atoms with van der Waals surface area (Å²) in [5.41, 5.74) is 0. The van der Waals surface area contributed by atoms with Gasteiger partial charge in [0.2, 0.25) is 0 Å². The molecule has 0 aromatic heterocycles. The minimum Gasteiger partial charge on any atom is -0.520 e. The quantitative estimate of drug-likeness (QED) is 0.498. The van der Waals surface area contributed by atoms with Gasteiger partial charge in [-0.1, -0.05) is 19.8 Å². The molecule has 0 aliphatic rings.